The van der Waals surface area contributed by atoms with Gasteiger partial charge in [0.15, 0.2) is 0 Å². The van der Waals surface area contributed by atoms with E-state index in [0.717, 1.165) is 12.8 Å². The molecule has 1 rings (SSSR count). The largest absolute Gasteiger partial charge is 0.342 e. The summed E-state index contributed by atoms with van der Waals surface area (Å²) < 4.78 is 31.2. The van der Waals surface area contributed by atoms with Gasteiger partial charge in [-0.2, -0.15) is 8.42 Å². The molecule has 1 aromatic carbocycles. The molecule has 0 atom stereocenters. The summed E-state index contributed by atoms with van der Waals surface area (Å²) in [5, 5.41) is 0. The molecule has 0 fully saturated rings. The number of rotatable bonds is 5. The summed E-state index contributed by atoms with van der Waals surface area (Å²) in [5.41, 5.74) is 0.981. The van der Waals surface area contributed by atoms with Crippen molar-refractivity contribution in [3.05, 3.63) is 29.3 Å². The topological polar surface area (TPSA) is 74.7 Å². The van der Waals surface area contributed by atoms with Crippen LogP contribution in [0.4, 0.5) is 0 Å². The van der Waals surface area contributed by atoms with E-state index in [2.05, 4.69) is 0 Å². The van der Waals surface area contributed by atoms with Crippen molar-refractivity contribution in [2.75, 3.05) is 13.6 Å². The highest BCUT2D eigenvalue weighted by molar-refractivity contribution is 7.85. The third-order valence-electron chi connectivity index (χ3n) is 2.93. The molecule has 0 saturated heterocycles. The first kappa shape index (κ1) is 15.7. The molecule has 0 unspecified atom stereocenters. The number of amides is 1. The van der Waals surface area contributed by atoms with Gasteiger partial charge in [-0.15, -0.1) is 0 Å². The number of unbranched alkanes of at least 4 members (excludes halogenated alkanes) is 1. The molecule has 19 heavy (non-hydrogen) atoms. The van der Waals surface area contributed by atoms with Crippen LogP contribution < -0.4 is 0 Å². The Bertz CT molecular complexity index is 566. The van der Waals surface area contributed by atoms with Gasteiger partial charge in [0.2, 0.25) is 0 Å². The fourth-order valence-electron chi connectivity index (χ4n) is 1.69. The number of benzene rings is 1. The van der Waals surface area contributed by atoms with Crippen molar-refractivity contribution < 1.29 is 17.8 Å². The first-order valence-electron chi connectivity index (χ1n) is 6.11. The van der Waals surface area contributed by atoms with Crippen LogP contribution in [0.15, 0.2) is 23.1 Å². The normalized spacial score (nSPS) is 11.4. The van der Waals surface area contributed by atoms with Crippen molar-refractivity contribution >= 4 is 16.0 Å². The zero-order valence-electron chi connectivity index (χ0n) is 11.4. The van der Waals surface area contributed by atoms with Crippen LogP contribution in [-0.4, -0.2) is 37.4 Å². The Kier molecular flexibility index (Phi) is 5.08. The molecule has 0 heterocycles. The molecule has 6 heteroatoms. The Labute approximate surface area is 114 Å². The average molecular weight is 285 g/mol. The molecule has 1 N–H and O–H groups in total. The van der Waals surface area contributed by atoms with Crippen molar-refractivity contribution in [2.24, 2.45) is 0 Å². The third kappa shape index (κ3) is 4.04. The van der Waals surface area contributed by atoms with Gasteiger partial charge >= 0.3 is 0 Å². The predicted molar refractivity (Wildman–Crippen MR) is 72.9 cm³/mol. The minimum Gasteiger partial charge on any atom is -0.342 e. The average Bonchev–Trinajstić information content (AvgIpc) is 2.34. The van der Waals surface area contributed by atoms with Crippen molar-refractivity contribution in [3.63, 3.8) is 0 Å². The van der Waals surface area contributed by atoms with E-state index >= 15 is 0 Å². The monoisotopic (exact) mass is 285 g/mol. The Morgan fingerprint density at radius 3 is 2.53 bits per heavy atom. The molecule has 0 saturated carbocycles. The maximum atomic E-state index is 12.2. The number of hydrogen-bond donors (Lipinski definition) is 1. The molecule has 106 valence electrons. The van der Waals surface area contributed by atoms with Crippen LogP contribution in [0, 0.1) is 6.92 Å². The summed E-state index contributed by atoms with van der Waals surface area (Å²) in [7, 11) is -2.61. The molecular weight excluding hydrogens is 266 g/mol. The summed E-state index contributed by atoms with van der Waals surface area (Å²) >= 11 is 0. The van der Waals surface area contributed by atoms with Gasteiger partial charge in [-0.3, -0.25) is 9.35 Å². The van der Waals surface area contributed by atoms with Gasteiger partial charge in [0, 0.05) is 19.2 Å². The van der Waals surface area contributed by atoms with E-state index < -0.39 is 10.1 Å². The number of aryl methyl sites for hydroxylation is 1. The Hall–Kier alpha value is -1.40. The van der Waals surface area contributed by atoms with Crippen LogP contribution in [0.5, 0.6) is 0 Å². The highest BCUT2D eigenvalue weighted by Gasteiger charge is 2.18. The molecule has 0 aliphatic carbocycles. The minimum absolute atomic E-state index is 0.239. The Balaban J connectivity index is 3.09. The van der Waals surface area contributed by atoms with Gasteiger partial charge in [-0.1, -0.05) is 19.4 Å². The fraction of sp³-hybridized carbons (Fsp3) is 0.462. The van der Waals surface area contributed by atoms with Crippen molar-refractivity contribution in [2.45, 2.75) is 31.6 Å². The van der Waals surface area contributed by atoms with Crippen LogP contribution in [0.2, 0.25) is 0 Å². The van der Waals surface area contributed by atoms with Crippen LogP contribution in [-0.2, 0) is 10.1 Å². The van der Waals surface area contributed by atoms with E-state index in [4.69, 9.17) is 4.55 Å². The van der Waals surface area contributed by atoms with E-state index in [1.807, 2.05) is 6.92 Å². The van der Waals surface area contributed by atoms with Crippen LogP contribution in [0.25, 0.3) is 0 Å². The number of carbonyl (C=O) groups excluding carboxylic acids is 1. The maximum Gasteiger partial charge on any atom is 0.294 e. The standard InChI is InChI=1S/C13H19NO4S/c1-4-5-8-14(3)13(15)12-9-11(19(16,17)18)7-6-10(12)2/h6-7,9H,4-5,8H2,1-3H3,(H,16,17,18). The van der Waals surface area contributed by atoms with E-state index in [9.17, 15) is 13.2 Å². The number of carbonyl (C=O) groups is 1. The lowest BCUT2D eigenvalue weighted by molar-refractivity contribution is 0.0792. The molecule has 1 amide bonds. The lowest BCUT2D eigenvalue weighted by Crippen LogP contribution is -2.28. The van der Waals surface area contributed by atoms with Crippen LogP contribution in [0.1, 0.15) is 35.7 Å². The Morgan fingerprint density at radius 2 is 2.00 bits per heavy atom. The third-order valence-corrected chi connectivity index (χ3v) is 3.78. The zero-order chi connectivity index (χ0) is 14.6. The van der Waals surface area contributed by atoms with Crippen LogP contribution >= 0.6 is 0 Å². The summed E-state index contributed by atoms with van der Waals surface area (Å²) in [6.45, 7) is 4.38. The summed E-state index contributed by atoms with van der Waals surface area (Å²) in [6, 6.07) is 4.02. The van der Waals surface area contributed by atoms with Crippen molar-refractivity contribution in [3.8, 4) is 0 Å². The minimum atomic E-state index is -4.29. The SMILES string of the molecule is CCCCN(C)C(=O)c1cc(S(=O)(=O)O)ccc1C. The zero-order valence-corrected chi connectivity index (χ0v) is 12.2. The second-order valence-electron chi connectivity index (χ2n) is 4.53. The van der Waals surface area contributed by atoms with Gasteiger partial charge < -0.3 is 4.90 Å². The van der Waals surface area contributed by atoms with E-state index in [-0.39, 0.29) is 10.8 Å². The van der Waals surface area contributed by atoms with E-state index in [0.29, 0.717) is 17.7 Å². The van der Waals surface area contributed by atoms with Crippen molar-refractivity contribution in [1.29, 1.82) is 0 Å². The number of hydrogen-bond acceptors (Lipinski definition) is 3. The van der Waals surface area contributed by atoms with E-state index in [1.54, 1.807) is 18.9 Å². The maximum absolute atomic E-state index is 12.2. The molecule has 1 aromatic rings. The van der Waals surface area contributed by atoms with Gasteiger partial charge in [-0.05, 0) is 31.0 Å². The van der Waals surface area contributed by atoms with Crippen LogP contribution in [0.3, 0.4) is 0 Å². The van der Waals surface area contributed by atoms with Crippen molar-refractivity contribution in [1.82, 2.24) is 4.90 Å². The number of nitrogens with zero attached hydrogens (tertiary/aromatic N) is 1. The fourth-order valence-corrected chi connectivity index (χ4v) is 2.20. The molecule has 0 spiro atoms. The molecule has 0 aliphatic heterocycles. The summed E-state index contributed by atoms with van der Waals surface area (Å²) in [5.74, 6) is -0.239. The van der Waals surface area contributed by atoms with Gasteiger partial charge in [-0.25, -0.2) is 0 Å². The smallest absolute Gasteiger partial charge is 0.294 e. The highest BCUT2D eigenvalue weighted by atomic mass is 32.2. The quantitative estimate of drug-likeness (QED) is 0.841. The summed E-state index contributed by atoms with van der Waals surface area (Å²) in [6.07, 6.45) is 1.86. The Morgan fingerprint density at radius 1 is 1.37 bits per heavy atom. The van der Waals surface area contributed by atoms with E-state index in [1.165, 1.54) is 18.2 Å². The van der Waals surface area contributed by atoms with Gasteiger partial charge in [0.05, 0.1) is 4.90 Å². The highest BCUT2D eigenvalue weighted by Crippen LogP contribution is 2.17. The molecule has 0 radical (unpaired) electrons. The molecule has 5 nitrogen and oxygen atoms in total. The first-order chi connectivity index (χ1) is 8.77. The lowest BCUT2D eigenvalue weighted by atomic mass is 10.1. The summed E-state index contributed by atoms with van der Waals surface area (Å²) in [4.78, 5) is 13.5. The van der Waals surface area contributed by atoms with Gasteiger partial charge in [0.1, 0.15) is 0 Å². The molecule has 0 aromatic heterocycles. The predicted octanol–water partition coefficient (Wildman–Crippen LogP) is 2.11. The molecular formula is C13H19NO4S. The second-order valence-corrected chi connectivity index (χ2v) is 5.95. The molecule has 0 aliphatic rings. The molecule has 0 bridgehead atoms. The lowest BCUT2D eigenvalue weighted by Gasteiger charge is -2.18. The van der Waals surface area contributed by atoms with Gasteiger partial charge in [0.25, 0.3) is 16.0 Å². The first-order valence-corrected chi connectivity index (χ1v) is 7.55. The second kappa shape index (κ2) is 6.16.